The van der Waals surface area contributed by atoms with Crippen molar-refractivity contribution in [3.63, 3.8) is 0 Å². The third-order valence-corrected chi connectivity index (χ3v) is 5.10. The lowest BCUT2D eigenvalue weighted by Gasteiger charge is -2.24. The number of fused-ring (bicyclic) bond motifs is 1. The number of furan rings is 1. The Morgan fingerprint density at radius 2 is 2.15 bits per heavy atom. The summed E-state index contributed by atoms with van der Waals surface area (Å²) < 4.78 is 11.7. The number of ether oxygens (including phenoxy) is 1. The molecule has 1 aliphatic heterocycles. The van der Waals surface area contributed by atoms with Crippen LogP contribution in [-0.4, -0.2) is 35.0 Å². The second kappa shape index (κ2) is 7.53. The van der Waals surface area contributed by atoms with Gasteiger partial charge in [-0.3, -0.25) is 9.78 Å². The molecule has 3 aromatic rings. The first kappa shape index (κ1) is 17.7. The molecule has 2 aromatic heterocycles. The summed E-state index contributed by atoms with van der Waals surface area (Å²) in [5.41, 5.74) is 3.64. The van der Waals surface area contributed by atoms with Gasteiger partial charge in [0.15, 0.2) is 5.76 Å². The van der Waals surface area contributed by atoms with Crippen LogP contribution in [0.4, 0.5) is 0 Å². The van der Waals surface area contributed by atoms with Crippen LogP contribution in [0.25, 0.3) is 11.0 Å². The van der Waals surface area contributed by atoms with Crippen LogP contribution in [0, 0.1) is 13.8 Å². The number of benzene rings is 1. The average molecular weight is 364 g/mol. The van der Waals surface area contributed by atoms with E-state index in [4.69, 9.17) is 9.15 Å². The lowest BCUT2D eigenvalue weighted by molar-refractivity contribution is 0.0482. The maximum Gasteiger partial charge on any atom is 0.290 e. The largest absolute Gasteiger partial charge is 0.451 e. The molecular formula is C22H24N2O3. The average Bonchev–Trinajstić information content (AvgIpc) is 3.30. The molecule has 0 spiro atoms. The van der Waals surface area contributed by atoms with E-state index in [1.165, 1.54) is 0 Å². The molecule has 0 radical (unpaired) electrons. The van der Waals surface area contributed by atoms with E-state index in [0.29, 0.717) is 18.8 Å². The topological polar surface area (TPSA) is 55.6 Å². The molecule has 0 unspecified atom stereocenters. The summed E-state index contributed by atoms with van der Waals surface area (Å²) in [6.07, 6.45) is 3.84. The van der Waals surface area contributed by atoms with E-state index in [-0.39, 0.29) is 12.0 Å². The van der Waals surface area contributed by atoms with Gasteiger partial charge in [-0.2, -0.15) is 0 Å². The number of carbonyl (C=O) groups is 1. The first-order valence-corrected chi connectivity index (χ1v) is 9.42. The minimum Gasteiger partial charge on any atom is -0.451 e. The zero-order chi connectivity index (χ0) is 18.8. The third kappa shape index (κ3) is 3.74. The normalized spacial score (nSPS) is 16.7. The van der Waals surface area contributed by atoms with Crippen molar-refractivity contribution >= 4 is 16.9 Å². The van der Waals surface area contributed by atoms with Gasteiger partial charge in [-0.15, -0.1) is 0 Å². The zero-order valence-electron chi connectivity index (χ0n) is 15.8. The van der Waals surface area contributed by atoms with Crippen molar-refractivity contribution in [2.75, 3.05) is 13.2 Å². The molecule has 0 aliphatic carbocycles. The van der Waals surface area contributed by atoms with Crippen LogP contribution in [0.3, 0.4) is 0 Å². The molecule has 1 amide bonds. The maximum absolute atomic E-state index is 13.4. The van der Waals surface area contributed by atoms with Gasteiger partial charge >= 0.3 is 0 Å². The monoisotopic (exact) mass is 364 g/mol. The first-order valence-electron chi connectivity index (χ1n) is 9.42. The molecule has 0 bridgehead atoms. The number of pyridine rings is 1. The van der Waals surface area contributed by atoms with Crippen LogP contribution < -0.4 is 0 Å². The molecule has 1 fully saturated rings. The molecule has 140 valence electrons. The van der Waals surface area contributed by atoms with Crippen molar-refractivity contribution in [2.24, 2.45) is 0 Å². The van der Waals surface area contributed by atoms with Crippen molar-refractivity contribution < 1.29 is 13.9 Å². The van der Waals surface area contributed by atoms with E-state index < -0.39 is 0 Å². The molecule has 1 saturated heterocycles. The van der Waals surface area contributed by atoms with Gasteiger partial charge in [0.05, 0.1) is 18.3 Å². The van der Waals surface area contributed by atoms with E-state index in [1.54, 1.807) is 11.1 Å². The second-order valence-corrected chi connectivity index (χ2v) is 7.20. The third-order valence-electron chi connectivity index (χ3n) is 5.10. The van der Waals surface area contributed by atoms with Gasteiger partial charge in [0.2, 0.25) is 0 Å². The Morgan fingerprint density at radius 3 is 2.89 bits per heavy atom. The Morgan fingerprint density at radius 1 is 1.26 bits per heavy atom. The Bertz CT molecular complexity index is 943. The van der Waals surface area contributed by atoms with Gasteiger partial charge < -0.3 is 14.1 Å². The van der Waals surface area contributed by atoms with Crippen LogP contribution in [0.1, 0.15) is 40.2 Å². The van der Waals surface area contributed by atoms with Crippen molar-refractivity contribution in [2.45, 2.75) is 39.3 Å². The lowest BCUT2D eigenvalue weighted by Crippen LogP contribution is -2.37. The number of aromatic nitrogens is 1. The van der Waals surface area contributed by atoms with Gasteiger partial charge in [0.1, 0.15) is 5.58 Å². The number of rotatable bonds is 5. The van der Waals surface area contributed by atoms with Gasteiger partial charge in [-0.05, 0) is 51.0 Å². The van der Waals surface area contributed by atoms with Crippen LogP contribution in [-0.2, 0) is 11.3 Å². The molecular weight excluding hydrogens is 340 g/mol. The number of nitrogens with zero attached hydrogens (tertiary/aromatic N) is 2. The minimum atomic E-state index is -0.109. The molecule has 0 N–H and O–H groups in total. The zero-order valence-corrected chi connectivity index (χ0v) is 15.8. The molecule has 4 rings (SSSR count). The highest BCUT2D eigenvalue weighted by atomic mass is 16.5. The Balaban J connectivity index is 1.65. The minimum absolute atomic E-state index is 0.0737. The molecule has 5 heteroatoms. The SMILES string of the molecule is Cc1ccc2oc(C(=O)N(Cc3ccccn3)C[C@H]3CCCO3)c(C)c2c1. The van der Waals surface area contributed by atoms with Gasteiger partial charge in [0.25, 0.3) is 5.91 Å². The number of amides is 1. The van der Waals surface area contributed by atoms with Gasteiger partial charge in [-0.1, -0.05) is 17.7 Å². The Kier molecular flexibility index (Phi) is 4.94. The highest BCUT2D eigenvalue weighted by molar-refractivity contribution is 5.99. The second-order valence-electron chi connectivity index (χ2n) is 7.20. The summed E-state index contributed by atoms with van der Waals surface area (Å²) in [7, 11) is 0. The summed E-state index contributed by atoms with van der Waals surface area (Å²) >= 11 is 0. The highest BCUT2D eigenvalue weighted by Crippen LogP contribution is 2.28. The number of hydrogen-bond acceptors (Lipinski definition) is 4. The summed E-state index contributed by atoms with van der Waals surface area (Å²) in [5.74, 6) is 0.298. The van der Waals surface area contributed by atoms with Gasteiger partial charge in [-0.25, -0.2) is 0 Å². The van der Waals surface area contributed by atoms with Crippen LogP contribution in [0.2, 0.25) is 0 Å². The molecule has 1 aromatic carbocycles. The lowest BCUT2D eigenvalue weighted by atomic mass is 10.1. The Hall–Kier alpha value is -2.66. The summed E-state index contributed by atoms with van der Waals surface area (Å²) in [6.45, 7) is 5.74. The van der Waals surface area contributed by atoms with Crippen LogP contribution >= 0.6 is 0 Å². The van der Waals surface area contributed by atoms with Crippen molar-refractivity contribution in [3.8, 4) is 0 Å². The van der Waals surface area contributed by atoms with E-state index in [1.807, 2.05) is 44.2 Å². The summed E-state index contributed by atoms with van der Waals surface area (Å²) in [6, 6.07) is 11.7. The highest BCUT2D eigenvalue weighted by Gasteiger charge is 2.27. The van der Waals surface area contributed by atoms with Crippen LogP contribution in [0.5, 0.6) is 0 Å². The molecule has 1 atom stereocenters. The van der Waals surface area contributed by atoms with Crippen molar-refractivity contribution in [3.05, 3.63) is 65.2 Å². The van der Waals surface area contributed by atoms with Crippen molar-refractivity contribution in [1.29, 1.82) is 0 Å². The molecule has 5 nitrogen and oxygen atoms in total. The smallest absolute Gasteiger partial charge is 0.290 e. The van der Waals surface area contributed by atoms with E-state index in [2.05, 4.69) is 11.1 Å². The summed E-state index contributed by atoms with van der Waals surface area (Å²) in [4.78, 5) is 19.5. The van der Waals surface area contributed by atoms with E-state index >= 15 is 0 Å². The Labute approximate surface area is 158 Å². The first-order chi connectivity index (χ1) is 13.1. The fourth-order valence-electron chi connectivity index (χ4n) is 3.62. The predicted octanol–water partition coefficient (Wildman–Crippen LogP) is 4.27. The molecule has 3 heterocycles. The van der Waals surface area contributed by atoms with E-state index in [9.17, 15) is 4.79 Å². The quantitative estimate of drug-likeness (QED) is 0.678. The summed E-state index contributed by atoms with van der Waals surface area (Å²) in [5, 5.41) is 0.994. The number of carbonyl (C=O) groups excluding carboxylic acids is 1. The number of aryl methyl sites for hydroxylation is 2. The van der Waals surface area contributed by atoms with Crippen LogP contribution in [0.15, 0.2) is 47.0 Å². The predicted molar refractivity (Wildman–Crippen MR) is 104 cm³/mol. The van der Waals surface area contributed by atoms with Crippen molar-refractivity contribution in [1.82, 2.24) is 9.88 Å². The molecule has 0 saturated carbocycles. The fraction of sp³-hybridized carbons (Fsp3) is 0.364. The standard InChI is InChI=1S/C22H24N2O3/c1-15-8-9-20-19(12-15)16(2)21(27-20)22(25)24(14-18-7-5-11-26-18)13-17-6-3-4-10-23-17/h3-4,6,8-10,12,18H,5,7,11,13-14H2,1-2H3/t18-/m1/s1. The molecule has 1 aliphatic rings. The number of hydrogen-bond donors (Lipinski definition) is 0. The fourth-order valence-corrected chi connectivity index (χ4v) is 3.62. The maximum atomic E-state index is 13.4. The van der Waals surface area contributed by atoms with Gasteiger partial charge in [0, 0.05) is 30.3 Å². The van der Waals surface area contributed by atoms with E-state index in [0.717, 1.165) is 47.2 Å². The molecule has 27 heavy (non-hydrogen) atoms.